The highest BCUT2D eigenvalue weighted by atomic mass is 79.9. The molecule has 5 heteroatoms. The van der Waals surface area contributed by atoms with Crippen LogP contribution in [0.2, 0.25) is 5.02 Å². The fraction of sp³-hybridized carbons (Fsp3) is 0.0833. The molecule has 0 bridgehead atoms. The number of pyridine rings is 1. The highest BCUT2D eigenvalue weighted by molar-refractivity contribution is 9.10. The molecular weight excluding hydrogens is 302 g/mol. The van der Waals surface area contributed by atoms with Crippen molar-refractivity contribution in [1.29, 1.82) is 0 Å². The number of anilines is 2. The van der Waals surface area contributed by atoms with E-state index in [9.17, 15) is 0 Å². The Morgan fingerprint density at radius 2 is 2.18 bits per heavy atom. The second kappa shape index (κ2) is 5.38. The summed E-state index contributed by atoms with van der Waals surface area (Å²) in [6.45, 7) is 0.660. The van der Waals surface area contributed by atoms with E-state index < -0.39 is 0 Å². The molecule has 0 aliphatic carbocycles. The van der Waals surface area contributed by atoms with Crippen LogP contribution in [0.4, 0.5) is 11.4 Å². The predicted molar refractivity (Wildman–Crippen MR) is 75.1 cm³/mol. The first-order valence-corrected chi connectivity index (χ1v) is 6.21. The van der Waals surface area contributed by atoms with E-state index in [1.807, 2.05) is 24.3 Å². The Bertz CT molecular complexity index is 511. The predicted octanol–water partition coefficient (Wildman–Crippen LogP) is 3.69. The van der Waals surface area contributed by atoms with Gasteiger partial charge in [0.1, 0.15) is 0 Å². The molecule has 0 aliphatic heterocycles. The summed E-state index contributed by atoms with van der Waals surface area (Å²) in [6.07, 6.45) is 3.15. The maximum absolute atomic E-state index is 6.01. The van der Waals surface area contributed by atoms with Crippen molar-refractivity contribution in [3.8, 4) is 0 Å². The Labute approximate surface area is 113 Å². The molecule has 0 atom stereocenters. The number of nitrogens with two attached hydrogens (primary N) is 1. The fourth-order valence-corrected chi connectivity index (χ4v) is 2.15. The van der Waals surface area contributed by atoms with Gasteiger partial charge >= 0.3 is 0 Å². The number of aromatic nitrogens is 1. The number of rotatable bonds is 3. The van der Waals surface area contributed by atoms with E-state index in [2.05, 4.69) is 26.2 Å². The van der Waals surface area contributed by atoms with E-state index in [-0.39, 0.29) is 0 Å². The number of hydrogen-bond donors (Lipinski definition) is 2. The topological polar surface area (TPSA) is 50.9 Å². The number of nitrogens with one attached hydrogen (secondary N) is 1. The van der Waals surface area contributed by atoms with Gasteiger partial charge in [0.25, 0.3) is 0 Å². The maximum Gasteiger partial charge on any atom is 0.0841 e. The molecule has 2 rings (SSSR count). The number of hydrogen-bond acceptors (Lipinski definition) is 3. The third kappa shape index (κ3) is 3.11. The van der Waals surface area contributed by atoms with Crippen molar-refractivity contribution < 1.29 is 0 Å². The van der Waals surface area contributed by atoms with Gasteiger partial charge in [-0.15, -0.1) is 0 Å². The van der Waals surface area contributed by atoms with Crippen molar-refractivity contribution in [2.45, 2.75) is 6.54 Å². The van der Waals surface area contributed by atoms with Crippen LogP contribution in [0, 0.1) is 0 Å². The molecule has 0 radical (unpaired) electrons. The molecule has 0 saturated carbocycles. The van der Waals surface area contributed by atoms with Gasteiger partial charge in [-0.3, -0.25) is 4.98 Å². The summed E-state index contributed by atoms with van der Waals surface area (Å²) < 4.78 is 1.05. The van der Waals surface area contributed by atoms with Crippen LogP contribution in [0.1, 0.15) is 5.56 Å². The SMILES string of the molecule is Nc1cncc(Cl)c1NCc1cccc(Br)c1. The van der Waals surface area contributed by atoms with Crippen molar-refractivity contribution >= 4 is 38.9 Å². The maximum atomic E-state index is 6.01. The lowest BCUT2D eigenvalue weighted by atomic mass is 10.2. The second-order valence-electron chi connectivity index (χ2n) is 3.57. The minimum absolute atomic E-state index is 0.528. The standard InChI is InChI=1S/C12H11BrClN3/c13-9-3-1-2-8(4-9)5-17-12-10(14)6-16-7-11(12)15/h1-4,6-7H,5,15H2,(H,16,17). The van der Waals surface area contributed by atoms with E-state index in [1.165, 1.54) is 0 Å². The van der Waals surface area contributed by atoms with E-state index in [0.717, 1.165) is 15.7 Å². The van der Waals surface area contributed by atoms with Gasteiger partial charge in [0.15, 0.2) is 0 Å². The molecule has 17 heavy (non-hydrogen) atoms. The molecule has 1 aromatic heterocycles. The number of nitrogen functional groups attached to an aromatic ring is 1. The monoisotopic (exact) mass is 311 g/mol. The molecular formula is C12H11BrClN3. The number of benzene rings is 1. The molecule has 0 saturated heterocycles. The van der Waals surface area contributed by atoms with Gasteiger partial charge in [-0.25, -0.2) is 0 Å². The summed E-state index contributed by atoms with van der Waals surface area (Å²) in [7, 11) is 0. The van der Waals surface area contributed by atoms with Gasteiger partial charge in [0.05, 0.1) is 22.6 Å². The highest BCUT2D eigenvalue weighted by Crippen LogP contribution is 2.27. The van der Waals surface area contributed by atoms with Crippen molar-refractivity contribution in [2.75, 3.05) is 11.1 Å². The molecule has 0 unspecified atom stereocenters. The molecule has 3 N–H and O–H groups in total. The van der Waals surface area contributed by atoms with Gasteiger partial charge in [0.2, 0.25) is 0 Å². The van der Waals surface area contributed by atoms with Crippen LogP contribution < -0.4 is 11.1 Å². The lowest BCUT2D eigenvalue weighted by Crippen LogP contribution is -2.03. The molecule has 3 nitrogen and oxygen atoms in total. The summed E-state index contributed by atoms with van der Waals surface area (Å²) in [5.74, 6) is 0. The molecule has 2 aromatic rings. The lowest BCUT2D eigenvalue weighted by molar-refractivity contribution is 1.14. The molecule has 88 valence electrons. The van der Waals surface area contributed by atoms with Gasteiger partial charge in [-0.2, -0.15) is 0 Å². The van der Waals surface area contributed by atoms with Gasteiger partial charge in [0, 0.05) is 17.2 Å². The zero-order valence-corrected chi connectivity index (χ0v) is 11.3. The van der Waals surface area contributed by atoms with E-state index in [0.29, 0.717) is 17.3 Å². The molecule has 0 spiro atoms. The minimum Gasteiger partial charge on any atom is -0.396 e. The smallest absolute Gasteiger partial charge is 0.0841 e. The average Bonchev–Trinajstić information content (AvgIpc) is 2.28. The second-order valence-corrected chi connectivity index (χ2v) is 4.89. The molecule has 0 aliphatic rings. The first-order valence-electron chi connectivity index (χ1n) is 5.04. The summed E-state index contributed by atoms with van der Waals surface area (Å²) in [5.41, 5.74) is 8.21. The van der Waals surface area contributed by atoms with Crippen molar-refractivity contribution in [3.05, 3.63) is 51.7 Å². The van der Waals surface area contributed by atoms with Crippen LogP contribution >= 0.6 is 27.5 Å². The fourth-order valence-electron chi connectivity index (χ4n) is 1.47. The Balaban J connectivity index is 2.13. The van der Waals surface area contributed by atoms with E-state index in [1.54, 1.807) is 12.4 Å². The highest BCUT2D eigenvalue weighted by Gasteiger charge is 2.04. The summed E-state index contributed by atoms with van der Waals surface area (Å²) in [5, 5.41) is 3.73. The Kier molecular flexibility index (Phi) is 3.86. The molecule has 1 heterocycles. The van der Waals surface area contributed by atoms with Crippen LogP contribution in [-0.2, 0) is 6.54 Å². The Morgan fingerprint density at radius 3 is 2.88 bits per heavy atom. The number of halogens is 2. The average molecular weight is 313 g/mol. The van der Waals surface area contributed by atoms with Crippen LogP contribution in [0.5, 0.6) is 0 Å². The molecule has 0 fully saturated rings. The first-order chi connectivity index (χ1) is 8.16. The van der Waals surface area contributed by atoms with Crippen molar-refractivity contribution in [1.82, 2.24) is 4.98 Å². The van der Waals surface area contributed by atoms with Crippen LogP contribution in [0.15, 0.2) is 41.1 Å². The third-order valence-electron chi connectivity index (χ3n) is 2.29. The zero-order valence-electron chi connectivity index (χ0n) is 8.95. The van der Waals surface area contributed by atoms with E-state index >= 15 is 0 Å². The molecule has 0 amide bonds. The lowest BCUT2D eigenvalue weighted by Gasteiger charge is -2.10. The zero-order chi connectivity index (χ0) is 12.3. The largest absolute Gasteiger partial charge is 0.396 e. The quantitative estimate of drug-likeness (QED) is 0.908. The van der Waals surface area contributed by atoms with Gasteiger partial charge in [-0.1, -0.05) is 39.7 Å². The van der Waals surface area contributed by atoms with E-state index in [4.69, 9.17) is 17.3 Å². The Hall–Kier alpha value is -1.26. The summed E-state index contributed by atoms with van der Waals surface area (Å²) >= 11 is 9.44. The first kappa shape index (κ1) is 12.2. The van der Waals surface area contributed by atoms with Crippen LogP contribution in [-0.4, -0.2) is 4.98 Å². The van der Waals surface area contributed by atoms with Crippen LogP contribution in [0.25, 0.3) is 0 Å². The summed E-state index contributed by atoms with van der Waals surface area (Å²) in [4.78, 5) is 3.91. The number of nitrogens with zero attached hydrogens (tertiary/aromatic N) is 1. The van der Waals surface area contributed by atoms with Crippen LogP contribution in [0.3, 0.4) is 0 Å². The van der Waals surface area contributed by atoms with Gasteiger partial charge < -0.3 is 11.1 Å². The molecule has 1 aromatic carbocycles. The van der Waals surface area contributed by atoms with Gasteiger partial charge in [-0.05, 0) is 17.7 Å². The Morgan fingerprint density at radius 1 is 1.35 bits per heavy atom. The van der Waals surface area contributed by atoms with Crippen molar-refractivity contribution in [3.63, 3.8) is 0 Å². The third-order valence-corrected chi connectivity index (χ3v) is 3.07. The summed E-state index contributed by atoms with van der Waals surface area (Å²) in [6, 6.07) is 8.04. The van der Waals surface area contributed by atoms with Crippen molar-refractivity contribution in [2.24, 2.45) is 0 Å². The minimum atomic E-state index is 0.528. The normalized spacial score (nSPS) is 10.2.